The summed E-state index contributed by atoms with van der Waals surface area (Å²) in [5.74, 6) is 4.73. The third-order valence-corrected chi connectivity index (χ3v) is 10.3. The lowest BCUT2D eigenvalue weighted by molar-refractivity contribution is -0.134. The molecule has 5 rings (SSSR count). The predicted octanol–water partition coefficient (Wildman–Crippen LogP) is 5.77. The zero-order valence-corrected chi connectivity index (χ0v) is 20.5. The smallest absolute Gasteiger partial charge is 0.174 e. The van der Waals surface area contributed by atoms with E-state index in [4.69, 9.17) is 4.74 Å². The van der Waals surface area contributed by atoms with Gasteiger partial charge in [0.15, 0.2) is 5.78 Å². The largest absolute Gasteiger partial charge is 0.484 e. The van der Waals surface area contributed by atoms with E-state index < -0.39 is 5.82 Å². The Hall–Kier alpha value is -1.93. The van der Waals surface area contributed by atoms with Crippen LogP contribution in [0.4, 0.5) is 4.39 Å². The summed E-state index contributed by atoms with van der Waals surface area (Å²) in [6.07, 6.45) is 9.34. The van der Waals surface area contributed by atoms with Crippen LogP contribution in [-0.4, -0.2) is 24.1 Å². The van der Waals surface area contributed by atoms with Gasteiger partial charge in [-0.1, -0.05) is 20.3 Å². The molecule has 0 aromatic heterocycles. The number of carbonyl (C=O) groups excluding carboxylic acids is 1. The molecule has 4 fully saturated rings. The van der Waals surface area contributed by atoms with Gasteiger partial charge in [0.2, 0.25) is 0 Å². The SMILES string of the molecule is CC[C@H]1CC[C@@H]2[C@H](CC[C@@]3(C)[C@H]2[C@@H]2C[C@@H]2[C@@H]3C(=O)COc2ccc(F)cc2C#N)[C@H]1CCCO. The number of ketones is 1. The van der Waals surface area contributed by atoms with Crippen molar-refractivity contribution in [3.63, 3.8) is 0 Å². The summed E-state index contributed by atoms with van der Waals surface area (Å²) in [4.78, 5) is 13.5. The Balaban J connectivity index is 1.32. The van der Waals surface area contributed by atoms with E-state index in [1.807, 2.05) is 6.07 Å². The van der Waals surface area contributed by atoms with Crippen LogP contribution in [0.3, 0.4) is 0 Å². The fraction of sp³-hybridized carbons (Fsp3) is 0.724. The number of aliphatic hydroxyl groups is 1. The van der Waals surface area contributed by atoms with Crippen molar-refractivity contribution in [1.82, 2.24) is 0 Å². The Morgan fingerprint density at radius 2 is 2.06 bits per heavy atom. The molecule has 0 bridgehead atoms. The number of hydrogen-bond acceptors (Lipinski definition) is 4. The van der Waals surface area contributed by atoms with E-state index in [0.29, 0.717) is 23.7 Å². The molecule has 184 valence electrons. The van der Waals surface area contributed by atoms with Crippen molar-refractivity contribution in [2.24, 2.45) is 52.8 Å². The molecule has 0 unspecified atom stereocenters. The molecule has 0 amide bonds. The average Bonchev–Trinajstić information content (AvgIpc) is 3.54. The second-order valence-electron chi connectivity index (χ2n) is 11.7. The molecule has 4 saturated carbocycles. The number of benzene rings is 1. The Kier molecular flexibility index (Phi) is 6.48. The first kappa shape index (κ1) is 23.8. The van der Waals surface area contributed by atoms with Crippen LogP contribution in [0.5, 0.6) is 5.75 Å². The molecule has 4 aliphatic rings. The van der Waals surface area contributed by atoms with E-state index in [9.17, 15) is 19.6 Å². The minimum absolute atomic E-state index is 0.0363. The molecule has 1 N–H and O–H groups in total. The Labute approximate surface area is 202 Å². The normalized spacial score (nSPS) is 40.0. The van der Waals surface area contributed by atoms with Crippen molar-refractivity contribution in [2.45, 2.75) is 65.2 Å². The number of nitriles is 1. The summed E-state index contributed by atoms with van der Waals surface area (Å²) < 4.78 is 19.2. The van der Waals surface area contributed by atoms with Gasteiger partial charge in [0.1, 0.15) is 24.2 Å². The topological polar surface area (TPSA) is 70.3 Å². The molecule has 1 aromatic rings. The Morgan fingerprint density at radius 1 is 1.24 bits per heavy atom. The van der Waals surface area contributed by atoms with Crippen molar-refractivity contribution in [1.29, 1.82) is 5.26 Å². The van der Waals surface area contributed by atoms with E-state index in [2.05, 4.69) is 13.8 Å². The molecule has 0 saturated heterocycles. The van der Waals surface area contributed by atoms with Gasteiger partial charge in [-0.25, -0.2) is 4.39 Å². The van der Waals surface area contributed by atoms with Gasteiger partial charge in [-0.2, -0.15) is 5.26 Å². The Morgan fingerprint density at radius 3 is 2.79 bits per heavy atom. The summed E-state index contributed by atoms with van der Waals surface area (Å²) in [5, 5.41) is 18.8. The van der Waals surface area contributed by atoms with Gasteiger partial charge in [-0.15, -0.1) is 0 Å². The third-order valence-electron chi connectivity index (χ3n) is 10.3. The predicted molar refractivity (Wildman–Crippen MR) is 127 cm³/mol. The number of Topliss-reactive ketones (excluding diaryl/α,β-unsaturated/α-hetero) is 1. The highest BCUT2D eigenvalue weighted by molar-refractivity contribution is 5.84. The number of rotatable bonds is 8. The second-order valence-corrected chi connectivity index (χ2v) is 11.7. The van der Waals surface area contributed by atoms with Gasteiger partial charge in [0.05, 0.1) is 5.56 Å². The van der Waals surface area contributed by atoms with E-state index in [1.54, 1.807) is 0 Å². The molecular formula is C29H38FNO3. The minimum atomic E-state index is -0.478. The molecule has 0 spiro atoms. The van der Waals surface area contributed by atoms with Crippen molar-refractivity contribution in [2.75, 3.05) is 13.2 Å². The molecule has 1 aromatic carbocycles. The number of carbonyl (C=O) groups is 1. The quantitative estimate of drug-likeness (QED) is 0.527. The number of ether oxygens (including phenoxy) is 1. The van der Waals surface area contributed by atoms with Crippen molar-refractivity contribution >= 4 is 5.78 Å². The van der Waals surface area contributed by atoms with Crippen LogP contribution < -0.4 is 4.74 Å². The molecule has 0 radical (unpaired) electrons. The number of fused-ring (bicyclic) bond motifs is 5. The van der Waals surface area contributed by atoms with E-state index in [1.165, 1.54) is 44.2 Å². The van der Waals surface area contributed by atoms with Crippen molar-refractivity contribution < 1.29 is 19.0 Å². The second kappa shape index (κ2) is 9.26. The molecule has 4 aliphatic carbocycles. The van der Waals surface area contributed by atoms with E-state index in [-0.39, 0.29) is 41.6 Å². The summed E-state index contributed by atoms with van der Waals surface area (Å²) >= 11 is 0. The fourth-order valence-electron chi connectivity index (χ4n) is 9.04. The van der Waals surface area contributed by atoms with Crippen LogP contribution in [0, 0.1) is 69.9 Å². The zero-order valence-electron chi connectivity index (χ0n) is 20.5. The van der Waals surface area contributed by atoms with Crippen LogP contribution in [0.15, 0.2) is 18.2 Å². The summed E-state index contributed by atoms with van der Waals surface area (Å²) in [6.45, 7) is 4.94. The zero-order chi connectivity index (χ0) is 24.0. The molecular weight excluding hydrogens is 429 g/mol. The highest BCUT2D eigenvalue weighted by Crippen LogP contribution is 2.74. The van der Waals surface area contributed by atoms with Gasteiger partial charge < -0.3 is 9.84 Å². The maximum absolute atomic E-state index is 13.5. The fourth-order valence-corrected chi connectivity index (χ4v) is 9.04. The summed E-state index contributed by atoms with van der Waals surface area (Å²) in [6, 6.07) is 5.84. The number of aliphatic hydroxyl groups excluding tert-OH is 1. The molecule has 5 heteroatoms. The maximum Gasteiger partial charge on any atom is 0.174 e. The van der Waals surface area contributed by atoms with Crippen LogP contribution in [0.1, 0.15) is 70.8 Å². The molecule has 4 nitrogen and oxygen atoms in total. The lowest BCUT2D eigenvalue weighted by atomic mass is 9.49. The van der Waals surface area contributed by atoms with E-state index in [0.717, 1.165) is 43.1 Å². The van der Waals surface area contributed by atoms with Gasteiger partial charge >= 0.3 is 0 Å². The molecule has 9 atom stereocenters. The van der Waals surface area contributed by atoms with Gasteiger partial charge in [-0.05, 0) is 110 Å². The van der Waals surface area contributed by atoms with Crippen LogP contribution >= 0.6 is 0 Å². The highest BCUT2D eigenvalue weighted by atomic mass is 19.1. The standard InChI is InChI=1S/C29H38FNO3/c1-3-17-6-8-22-21(20(17)5-4-12-32)10-11-29(2)27(22)23-14-24(23)28(29)25(33)16-34-26-9-7-19(30)13-18(26)15-31/h7,9,13,17,20-24,27-28,32H,3-6,8,10-12,14,16H2,1-2H3/t17-,20-,21+,22+,23+,24-,27+,28+,29-/m0/s1. The molecule has 0 heterocycles. The van der Waals surface area contributed by atoms with Gasteiger partial charge in [0, 0.05) is 12.5 Å². The van der Waals surface area contributed by atoms with Crippen molar-refractivity contribution in [3.8, 4) is 11.8 Å². The van der Waals surface area contributed by atoms with Gasteiger partial charge in [-0.3, -0.25) is 4.79 Å². The highest BCUT2D eigenvalue weighted by Gasteiger charge is 2.70. The van der Waals surface area contributed by atoms with Crippen LogP contribution in [-0.2, 0) is 4.79 Å². The first-order valence-corrected chi connectivity index (χ1v) is 13.4. The summed E-state index contributed by atoms with van der Waals surface area (Å²) in [5.41, 5.74) is 0.172. The number of halogens is 1. The summed E-state index contributed by atoms with van der Waals surface area (Å²) in [7, 11) is 0. The lowest BCUT2D eigenvalue weighted by Gasteiger charge is -2.56. The maximum atomic E-state index is 13.5. The van der Waals surface area contributed by atoms with Gasteiger partial charge in [0.25, 0.3) is 0 Å². The third kappa shape index (κ3) is 3.87. The van der Waals surface area contributed by atoms with Crippen LogP contribution in [0.2, 0.25) is 0 Å². The molecule has 34 heavy (non-hydrogen) atoms. The Bertz CT molecular complexity index is 973. The number of nitrogens with zero attached hydrogens (tertiary/aromatic N) is 1. The van der Waals surface area contributed by atoms with Crippen molar-refractivity contribution in [3.05, 3.63) is 29.6 Å². The first-order valence-electron chi connectivity index (χ1n) is 13.4. The average molecular weight is 468 g/mol. The lowest BCUT2D eigenvalue weighted by Crippen LogP contribution is -2.50. The minimum Gasteiger partial charge on any atom is -0.484 e. The van der Waals surface area contributed by atoms with Crippen LogP contribution in [0.25, 0.3) is 0 Å². The number of hydrogen-bond donors (Lipinski definition) is 1. The monoisotopic (exact) mass is 467 g/mol. The first-order chi connectivity index (χ1) is 16.4. The van der Waals surface area contributed by atoms with E-state index >= 15 is 0 Å². The molecule has 0 aliphatic heterocycles.